The quantitative estimate of drug-likeness (QED) is 0.903. The largest absolute Gasteiger partial charge is 0.497 e. The van der Waals surface area contributed by atoms with Crippen molar-refractivity contribution in [3.05, 3.63) is 41.2 Å². The molecule has 0 saturated carbocycles. The van der Waals surface area contributed by atoms with E-state index in [4.69, 9.17) is 16.3 Å². The van der Waals surface area contributed by atoms with E-state index in [0.717, 1.165) is 23.5 Å². The molecule has 0 radical (unpaired) electrons. The molecule has 1 aromatic heterocycles. The van der Waals surface area contributed by atoms with Gasteiger partial charge in [-0.3, -0.25) is 4.68 Å². The zero-order chi connectivity index (χ0) is 13.0. The van der Waals surface area contributed by atoms with Crippen LogP contribution >= 0.6 is 11.6 Å². The third kappa shape index (κ3) is 2.96. The fourth-order valence-electron chi connectivity index (χ4n) is 1.63. The number of halogens is 1. The number of methoxy groups -OCH3 is 1. The predicted octanol–water partition coefficient (Wildman–Crippen LogP) is 3.18. The minimum Gasteiger partial charge on any atom is -0.497 e. The van der Waals surface area contributed by atoms with Crippen molar-refractivity contribution in [1.82, 2.24) is 9.78 Å². The number of nitrogens with zero attached hydrogens (tertiary/aromatic N) is 2. The SMILES string of the molecule is CCn1cc(CNc2cc(OC)ccc2Cl)cn1. The number of nitrogens with one attached hydrogen (secondary N) is 1. The monoisotopic (exact) mass is 265 g/mol. The van der Waals surface area contributed by atoms with Gasteiger partial charge in [0.2, 0.25) is 0 Å². The molecule has 0 unspecified atom stereocenters. The maximum Gasteiger partial charge on any atom is 0.121 e. The molecule has 0 aliphatic heterocycles. The molecule has 0 bridgehead atoms. The van der Waals surface area contributed by atoms with Crippen LogP contribution in [0.15, 0.2) is 30.6 Å². The van der Waals surface area contributed by atoms with Crippen molar-refractivity contribution in [2.24, 2.45) is 0 Å². The molecule has 1 heterocycles. The molecule has 18 heavy (non-hydrogen) atoms. The molecule has 0 spiro atoms. The molecular formula is C13H16ClN3O. The van der Waals surface area contributed by atoms with E-state index in [-0.39, 0.29) is 0 Å². The molecule has 1 aromatic carbocycles. The number of ether oxygens (including phenoxy) is 1. The molecule has 2 rings (SSSR count). The second-order valence-corrected chi connectivity index (χ2v) is 4.31. The van der Waals surface area contributed by atoms with E-state index in [1.54, 1.807) is 7.11 Å². The first-order chi connectivity index (χ1) is 8.72. The lowest BCUT2D eigenvalue weighted by atomic mass is 10.2. The van der Waals surface area contributed by atoms with E-state index in [0.29, 0.717) is 11.6 Å². The van der Waals surface area contributed by atoms with Crippen molar-refractivity contribution in [2.75, 3.05) is 12.4 Å². The van der Waals surface area contributed by atoms with E-state index in [9.17, 15) is 0 Å². The van der Waals surface area contributed by atoms with Gasteiger partial charge in [-0.05, 0) is 19.1 Å². The maximum absolute atomic E-state index is 6.11. The van der Waals surface area contributed by atoms with Crippen LogP contribution in [-0.2, 0) is 13.1 Å². The third-order valence-electron chi connectivity index (χ3n) is 2.67. The molecule has 0 amide bonds. The molecule has 0 aliphatic rings. The highest BCUT2D eigenvalue weighted by Gasteiger charge is 2.03. The fraction of sp³-hybridized carbons (Fsp3) is 0.308. The molecule has 0 aliphatic carbocycles. The Morgan fingerprint density at radius 3 is 2.94 bits per heavy atom. The Morgan fingerprint density at radius 2 is 2.28 bits per heavy atom. The van der Waals surface area contributed by atoms with E-state index in [1.165, 1.54) is 0 Å². The smallest absolute Gasteiger partial charge is 0.121 e. The first-order valence-electron chi connectivity index (χ1n) is 5.81. The number of rotatable bonds is 5. The van der Waals surface area contributed by atoms with Crippen LogP contribution in [0.2, 0.25) is 5.02 Å². The normalized spacial score (nSPS) is 10.4. The van der Waals surface area contributed by atoms with Gasteiger partial charge in [0.15, 0.2) is 0 Å². The van der Waals surface area contributed by atoms with E-state index in [1.807, 2.05) is 35.3 Å². The molecule has 96 valence electrons. The highest BCUT2D eigenvalue weighted by molar-refractivity contribution is 6.33. The van der Waals surface area contributed by atoms with Crippen molar-refractivity contribution in [3.8, 4) is 5.75 Å². The summed E-state index contributed by atoms with van der Waals surface area (Å²) >= 11 is 6.11. The lowest BCUT2D eigenvalue weighted by molar-refractivity contribution is 0.415. The van der Waals surface area contributed by atoms with Gasteiger partial charge in [-0.1, -0.05) is 11.6 Å². The van der Waals surface area contributed by atoms with Crippen LogP contribution in [0.4, 0.5) is 5.69 Å². The number of hydrogen-bond donors (Lipinski definition) is 1. The Morgan fingerprint density at radius 1 is 1.44 bits per heavy atom. The molecule has 0 atom stereocenters. The molecular weight excluding hydrogens is 250 g/mol. The average molecular weight is 266 g/mol. The predicted molar refractivity (Wildman–Crippen MR) is 73.2 cm³/mol. The second kappa shape index (κ2) is 5.78. The van der Waals surface area contributed by atoms with Crippen molar-refractivity contribution >= 4 is 17.3 Å². The number of aromatic nitrogens is 2. The lowest BCUT2D eigenvalue weighted by Gasteiger charge is -2.09. The summed E-state index contributed by atoms with van der Waals surface area (Å²) in [7, 11) is 1.64. The maximum atomic E-state index is 6.11. The van der Waals surface area contributed by atoms with Gasteiger partial charge in [-0.2, -0.15) is 5.10 Å². The second-order valence-electron chi connectivity index (χ2n) is 3.90. The van der Waals surface area contributed by atoms with Crippen molar-refractivity contribution < 1.29 is 4.74 Å². The minimum atomic E-state index is 0.679. The fourth-order valence-corrected chi connectivity index (χ4v) is 1.82. The minimum absolute atomic E-state index is 0.679. The van der Waals surface area contributed by atoms with Gasteiger partial charge in [0.25, 0.3) is 0 Å². The summed E-state index contributed by atoms with van der Waals surface area (Å²) in [5.41, 5.74) is 1.98. The standard InChI is InChI=1S/C13H16ClN3O/c1-3-17-9-10(8-16-17)7-15-13-6-11(18-2)4-5-12(13)14/h4-6,8-9,15H,3,7H2,1-2H3. The highest BCUT2D eigenvalue weighted by Crippen LogP contribution is 2.26. The van der Waals surface area contributed by atoms with Gasteiger partial charge in [0.05, 0.1) is 24.0 Å². The summed E-state index contributed by atoms with van der Waals surface area (Å²) in [6.45, 7) is 3.62. The number of aryl methyl sites for hydroxylation is 1. The molecule has 0 saturated heterocycles. The zero-order valence-corrected chi connectivity index (χ0v) is 11.2. The Hall–Kier alpha value is -1.68. The summed E-state index contributed by atoms with van der Waals surface area (Å²) in [5, 5.41) is 8.18. The van der Waals surface area contributed by atoms with Crippen molar-refractivity contribution in [1.29, 1.82) is 0 Å². The summed E-state index contributed by atoms with van der Waals surface area (Å²) in [6.07, 6.45) is 3.87. The summed E-state index contributed by atoms with van der Waals surface area (Å²) in [4.78, 5) is 0. The van der Waals surface area contributed by atoms with Crippen LogP contribution in [0.1, 0.15) is 12.5 Å². The van der Waals surface area contributed by atoms with Crippen molar-refractivity contribution in [2.45, 2.75) is 20.0 Å². The van der Waals surface area contributed by atoms with Crippen LogP contribution in [0, 0.1) is 0 Å². The van der Waals surface area contributed by atoms with Gasteiger partial charge >= 0.3 is 0 Å². The van der Waals surface area contributed by atoms with Gasteiger partial charge in [-0.15, -0.1) is 0 Å². The first kappa shape index (κ1) is 12.8. The van der Waals surface area contributed by atoms with Crippen LogP contribution in [0.3, 0.4) is 0 Å². The third-order valence-corrected chi connectivity index (χ3v) is 3.00. The van der Waals surface area contributed by atoms with E-state index < -0.39 is 0 Å². The van der Waals surface area contributed by atoms with E-state index >= 15 is 0 Å². The average Bonchev–Trinajstić information content (AvgIpc) is 2.86. The van der Waals surface area contributed by atoms with Crippen molar-refractivity contribution in [3.63, 3.8) is 0 Å². The van der Waals surface area contributed by atoms with Gasteiger partial charge < -0.3 is 10.1 Å². The van der Waals surface area contributed by atoms with Gasteiger partial charge in [-0.25, -0.2) is 0 Å². The summed E-state index contributed by atoms with van der Waals surface area (Å²) in [5.74, 6) is 0.783. The van der Waals surface area contributed by atoms with Crippen LogP contribution in [0.5, 0.6) is 5.75 Å². The number of hydrogen-bond acceptors (Lipinski definition) is 3. The Bertz CT molecular complexity index is 525. The topological polar surface area (TPSA) is 39.1 Å². The molecule has 1 N–H and O–H groups in total. The number of anilines is 1. The molecule has 0 fully saturated rings. The van der Waals surface area contributed by atoms with Crippen LogP contribution < -0.4 is 10.1 Å². The molecule has 4 nitrogen and oxygen atoms in total. The highest BCUT2D eigenvalue weighted by atomic mass is 35.5. The lowest BCUT2D eigenvalue weighted by Crippen LogP contribution is -1.99. The van der Waals surface area contributed by atoms with Crippen LogP contribution in [0.25, 0.3) is 0 Å². The summed E-state index contributed by atoms with van der Waals surface area (Å²) < 4.78 is 7.06. The molecule has 2 aromatic rings. The Balaban J connectivity index is 2.05. The van der Waals surface area contributed by atoms with Gasteiger partial charge in [0, 0.05) is 30.9 Å². The van der Waals surface area contributed by atoms with Crippen LogP contribution in [-0.4, -0.2) is 16.9 Å². The van der Waals surface area contributed by atoms with E-state index in [2.05, 4.69) is 17.3 Å². The number of benzene rings is 1. The first-order valence-corrected chi connectivity index (χ1v) is 6.19. The molecule has 5 heteroatoms. The zero-order valence-electron chi connectivity index (χ0n) is 10.5. The Labute approximate surface area is 112 Å². The van der Waals surface area contributed by atoms with Gasteiger partial charge in [0.1, 0.15) is 5.75 Å². The summed E-state index contributed by atoms with van der Waals surface area (Å²) in [6, 6.07) is 5.54. The Kier molecular flexibility index (Phi) is 4.10.